The first-order valence-electron chi connectivity index (χ1n) is 6.75. The van der Waals surface area contributed by atoms with E-state index in [1.165, 1.54) is 0 Å². The minimum absolute atomic E-state index is 0.199. The molecule has 5 nitrogen and oxygen atoms in total. The Hall–Kier alpha value is -0.880. The molecule has 0 aliphatic rings. The molecule has 0 atom stereocenters. The molecule has 0 aromatic rings. The third kappa shape index (κ3) is 13.4. The van der Waals surface area contributed by atoms with Crippen molar-refractivity contribution < 1.29 is 14.9 Å². The van der Waals surface area contributed by atoms with Gasteiger partial charge in [0.15, 0.2) is 0 Å². The summed E-state index contributed by atoms with van der Waals surface area (Å²) in [6, 6.07) is 0. The Morgan fingerprint density at radius 2 is 1.21 bits per heavy atom. The Morgan fingerprint density at radius 3 is 1.58 bits per heavy atom. The van der Waals surface area contributed by atoms with E-state index in [0.29, 0.717) is 13.1 Å². The summed E-state index contributed by atoms with van der Waals surface area (Å²) in [5.74, 6) is 0. The Kier molecular flexibility index (Phi) is 12.9. The van der Waals surface area contributed by atoms with Gasteiger partial charge in [-0.3, -0.25) is 0 Å². The topological polar surface area (TPSA) is 56.2 Å². The van der Waals surface area contributed by atoms with E-state index in [0.717, 1.165) is 25.9 Å². The minimum atomic E-state index is 0.199. The molecule has 5 heteroatoms. The van der Waals surface area contributed by atoms with Crippen LogP contribution in [-0.2, 0) is 4.74 Å². The predicted octanol–water partition coefficient (Wildman–Crippen LogP) is 0.659. The predicted molar refractivity (Wildman–Crippen MR) is 77.8 cm³/mol. The molecular formula is C14H28N2O3. The number of ether oxygens (including phenoxy) is 1. The molecule has 0 radical (unpaired) electrons. The van der Waals surface area contributed by atoms with Crippen molar-refractivity contribution in [2.45, 2.75) is 12.8 Å². The summed E-state index contributed by atoms with van der Waals surface area (Å²) in [6.07, 6.45) is 9.11. The highest BCUT2D eigenvalue weighted by Crippen LogP contribution is 1.92. The summed E-state index contributed by atoms with van der Waals surface area (Å²) in [5.41, 5.74) is 0. The average Bonchev–Trinajstić information content (AvgIpc) is 2.37. The van der Waals surface area contributed by atoms with Gasteiger partial charge in [0.05, 0.1) is 25.7 Å². The highest BCUT2D eigenvalue weighted by atomic mass is 16.5. The molecule has 2 N–H and O–H groups in total. The minimum Gasteiger partial charge on any atom is -0.473 e. The van der Waals surface area contributed by atoms with Crippen LogP contribution in [0.4, 0.5) is 0 Å². The second kappa shape index (κ2) is 13.5. The van der Waals surface area contributed by atoms with Gasteiger partial charge in [-0.1, -0.05) is 0 Å². The summed E-state index contributed by atoms with van der Waals surface area (Å²) in [5, 5.41) is 17.4. The lowest BCUT2D eigenvalue weighted by atomic mass is 10.4. The number of nitrogens with zero attached hydrogens (tertiary/aromatic N) is 2. The number of hydrogen-bond donors (Lipinski definition) is 2. The van der Waals surface area contributed by atoms with Crippen molar-refractivity contribution in [3.05, 3.63) is 24.7 Å². The average molecular weight is 272 g/mol. The Bertz CT molecular complexity index is 221. The van der Waals surface area contributed by atoms with E-state index in [1.54, 1.807) is 12.5 Å². The van der Waals surface area contributed by atoms with E-state index in [-0.39, 0.29) is 13.2 Å². The second-order valence-electron chi connectivity index (χ2n) is 4.51. The van der Waals surface area contributed by atoms with Crippen molar-refractivity contribution in [1.82, 2.24) is 9.80 Å². The van der Waals surface area contributed by atoms with Crippen LogP contribution in [-0.4, -0.2) is 73.5 Å². The molecule has 0 saturated heterocycles. The van der Waals surface area contributed by atoms with Crippen LogP contribution in [0, 0.1) is 0 Å². The maximum atomic E-state index is 8.72. The second-order valence-corrected chi connectivity index (χ2v) is 4.51. The fourth-order valence-corrected chi connectivity index (χ4v) is 1.45. The van der Waals surface area contributed by atoms with Gasteiger partial charge in [-0.25, -0.2) is 0 Å². The van der Waals surface area contributed by atoms with Crippen LogP contribution in [0.5, 0.6) is 0 Å². The zero-order chi connectivity index (χ0) is 14.3. The number of aliphatic hydroxyl groups is 2. The van der Waals surface area contributed by atoms with Crippen LogP contribution in [0.3, 0.4) is 0 Å². The van der Waals surface area contributed by atoms with Crippen LogP contribution in [0.25, 0.3) is 0 Å². The van der Waals surface area contributed by atoms with E-state index < -0.39 is 0 Å². The SMILES string of the molecule is CN(CCO)CCC=COC=CCCN(C)CCO. The van der Waals surface area contributed by atoms with Gasteiger partial charge in [-0.2, -0.15) is 0 Å². The molecule has 0 aliphatic carbocycles. The van der Waals surface area contributed by atoms with Crippen LogP contribution in [0.15, 0.2) is 24.7 Å². The Balaban J connectivity index is 3.41. The fraction of sp³-hybridized carbons (Fsp3) is 0.714. The van der Waals surface area contributed by atoms with E-state index in [4.69, 9.17) is 14.9 Å². The maximum Gasteiger partial charge on any atom is 0.0861 e. The first-order chi connectivity index (χ1) is 9.20. The van der Waals surface area contributed by atoms with E-state index in [2.05, 4.69) is 9.80 Å². The molecule has 0 unspecified atom stereocenters. The summed E-state index contributed by atoms with van der Waals surface area (Å²) in [6.45, 7) is 3.63. The molecule has 0 amide bonds. The molecular weight excluding hydrogens is 244 g/mol. The Labute approximate surface area is 116 Å². The van der Waals surface area contributed by atoms with Crippen LogP contribution in [0.1, 0.15) is 12.8 Å². The van der Waals surface area contributed by atoms with Crippen molar-refractivity contribution in [3.63, 3.8) is 0 Å². The normalized spacial score (nSPS) is 12.3. The van der Waals surface area contributed by atoms with Crippen molar-refractivity contribution in [2.24, 2.45) is 0 Å². The van der Waals surface area contributed by atoms with Crippen molar-refractivity contribution in [2.75, 3.05) is 53.5 Å². The third-order valence-electron chi connectivity index (χ3n) is 2.67. The summed E-state index contributed by atoms with van der Waals surface area (Å²) < 4.78 is 5.22. The lowest BCUT2D eigenvalue weighted by Crippen LogP contribution is -2.22. The highest BCUT2D eigenvalue weighted by molar-refractivity contribution is 4.81. The molecule has 0 rings (SSSR count). The Morgan fingerprint density at radius 1 is 0.789 bits per heavy atom. The van der Waals surface area contributed by atoms with Gasteiger partial charge < -0.3 is 24.7 Å². The highest BCUT2D eigenvalue weighted by Gasteiger charge is 1.94. The van der Waals surface area contributed by atoms with Gasteiger partial charge >= 0.3 is 0 Å². The summed E-state index contributed by atoms with van der Waals surface area (Å²) >= 11 is 0. The summed E-state index contributed by atoms with van der Waals surface area (Å²) in [4.78, 5) is 4.13. The maximum absolute atomic E-state index is 8.72. The molecule has 0 bridgehead atoms. The van der Waals surface area contributed by atoms with E-state index >= 15 is 0 Å². The smallest absolute Gasteiger partial charge is 0.0861 e. The number of rotatable bonds is 12. The number of likely N-dealkylation sites (N-methyl/N-ethyl adjacent to an activating group) is 2. The van der Waals surface area contributed by atoms with Crippen molar-refractivity contribution >= 4 is 0 Å². The monoisotopic (exact) mass is 272 g/mol. The molecule has 0 aromatic heterocycles. The van der Waals surface area contributed by atoms with Gasteiger partial charge in [-0.05, 0) is 39.1 Å². The lowest BCUT2D eigenvalue weighted by Gasteiger charge is -2.12. The molecule has 0 fully saturated rings. The van der Waals surface area contributed by atoms with Gasteiger partial charge in [0.25, 0.3) is 0 Å². The molecule has 0 saturated carbocycles. The van der Waals surface area contributed by atoms with Gasteiger partial charge in [0.1, 0.15) is 0 Å². The quantitative estimate of drug-likeness (QED) is 0.511. The molecule has 112 valence electrons. The van der Waals surface area contributed by atoms with E-state index in [1.807, 2.05) is 26.2 Å². The summed E-state index contributed by atoms with van der Waals surface area (Å²) in [7, 11) is 3.96. The zero-order valence-corrected chi connectivity index (χ0v) is 12.2. The van der Waals surface area contributed by atoms with Crippen molar-refractivity contribution in [3.8, 4) is 0 Å². The number of hydrogen-bond acceptors (Lipinski definition) is 5. The first-order valence-corrected chi connectivity index (χ1v) is 6.75. The fourth-order valence-electron chi connectivity index (χ4n) is 1.45. The molecule has 0 spiro atoms. The van der Waals surface area contributed by atoms with Gasteiger partial charge in [-0.15, -0.1) is 0 Å². The van der Waals surface area contributed by atoms with Gasteiger partial charge in [0, 0.05) is 26.2 Å². The molecule has 0 heterocycles. The van der Waals surface area contributed by atoms with Gasteiger partial charge in [0.2, 0.25) is 0 Å². The lowest BCUT2D eigenvalue weighted by molar-refractivity contribution is 0.223. The van der Waals surface area contributed by atoms with E-state index in [9.17, 15) is 0 Å². The zero-order valence-electron chi connectivity index (χ0n) is 12.2. The standard InChI is InChI=1S/C14H28N2O3/c1-15(9-11-17)7-3-5-13-19-14-6-4-8-16(2)10-12-18/h5-6,13-14,17-18H,3-4,7-12H2,1-2H3. The number of aliphatic hydroxyl groups excluding tert-OH is 2. The molecule has 19 heavy (non-hydrogen) atoms. The third-order valence-corrected chi connectivity index (χ3v) is 2.67. The van der Waals surface area contributed by atoms with Crippen LogP contribution in [0.2, 0.25) is 0 Å². The molecule has 0 aromatic carbocycles. The van der Waals surface area contributed by atoms with Crippen LogP contribution >= 0.6 is 0 Å². The van der Waals surface area contributed by atoms with Crippen LogP contribution < -0.4 is 0 Å². The first kappa shape index (κ1) is 18.1. The largest absolute Gasteiger partial charge is 0.473 e. The van der Waals surface area contributed by atoms with Crippen molar-refractivity contribution in [1.29, 1.82) is 0 Å². The molecule has 0 aliphatic heterocycles.